The van der Waals surface area contributed by atoms with Crippen LogP contribution in [-0.4, -0.2) is 45.0 Å². The summed E-state index contributed by atoms with van der Waals surface area (Å²) in [6.07, 6.45) is 5.38. The van der Waals surface area contributed by atoms with Gasteiger partial charge < -0.3 is 10.5 Å². The maximum atomic E-state index is 6.24. The van der Waals surface area contributed by atoms with Crippen LogP contribution in [0.1, 0.15) is 53.0 Å². The first-order chi connectivity index (χ1) is 9.77. The lowest BCUT2D eigenvalue weighted by Crippen LogP contribution is -2.49. The van der Waals surface area contributed by atoms with Gasteiger partial charge >= 0.3 is 0 Å². The summed E-state index contributed by atoms with van der Waals surface area (Å²) in [7, 11) is 0. The second-order valence-electron chi connectivity index (χ2n) is 7.67. The quantitative estimate of drug-likeness (QED) is 0.909. The lowest BCUT2D eigenvalue weighted by molar-refractivity contribution is -0.0826. The summed E-state index contributed by atoms with van der Waals surface area (Å²) in [6.45, 7) is 11.1. The number of ether oxygens (including phenoxy) is 1. The first kappa shape index (κ1) is 14.9. The first-order valence-electron chi connectivity index (χ1n) is 8.02. The van der Waals surface area contributed by atoms with Crippen LogP contribution in [0.5, 0.6) is 0 Å². The van der Waals surface area contributed by atoms with Crippen molar-refractivity contribution in [2.24, 2.45) is 0 Å². The van der Waals surface area contributed by atoms with Gasteiger partial charge in [-0.15, -0.1) is 0 Å². The molecule has 2 saturated heterocycles. The van der Waals surface area contributed by atoms with E-state index in [1.165, 1.54) is 0 Å². The molecule has 0 saturated carbocycles. The Morgan fingerprint density at radius 2 is 1.90 bits per heavy atom. The van der Waals surface area contributed by atoms with E-state index in [0.29, 0.717) is 17.9 Å². The number of hydrogen-bond acceptors (Lipinski definition) is 4. The van der Waals surface area contributed by atoms with Crippen LogP contribution >= 0.6 is 0 Å². The van der Waals surface area contributed by atoms with Crippen LogP contribution in [-0.2, 0) is 4.74 Å². The monoisotopic (exact) mass is 292 g/mol. The number of aromatic nitrogens is 2. The van der Waals surface area contributed by atoms with Gasteiger partial charge in [0.15, 0.2) is 0 Å². The Kier molecular flexibility index (Phi) is 3.53. The molecule has 2 aliphatic rings. The molecule has 3 heterocycles. The average molecular weight is 292 g/mol. The van der Waals surface area contributed by atoms with Crippen LogP contribution in [0.25, 0.3) is 0 Å². The molecule has 1 aromatic rings. The zero-order valence-corrected chi connectivity index (χ0v) is 13.7. The van der Waals surface area contributed by atoms with Crippen molar-refractivity contribution in [1.82, 2.24) is 14.7 Å². The first-order valence-corrected chi connectivity index (χ1v) is 8.02. The summed E-state index contributed by atoms with van der Waals surface area (Å²) < 4.78 is 8.28. The number of nitrogens with two attached hydrogens (primary N) is 1. The van der Waals surface area contributed by atoms with E-state index >= 15 is 0 Å². The molecule has 2 N–H and O–H groups in total. The number of hydrogen-bond donors (Lipinski definition) is 1. The molecule has 2 aliphatic heterocycles. The summed E-state index contributed by atoms with van der Waals surface area (Å²) >= 11 is 0. The van der Waals surface area contributed by atoms with E-state index in [2.05, 4.69) is 37.7 Å². The van der Waals surface area contributed by atoms with Gasteiger partial charge in [0, 0.05) is 25.3 Å². The zero-order chi connectivity index (χ0) is 15.3. The largest absolute Gasteiger partial charge is 0.382 e. The Balaban J connectivity index is 1.63. The summed E-state index contributed by atoms with van der Waals surface area (Å²) in [5.41, 5.74) is 5.64. The van der Waals surface area contributed by atoms with Crippen molar-refractivity contribution in [1.29, 1.82) is 0 Å². The van der Waals surface area contributed by atoms with E-state index in [4.69, 9.17) is 10.5 Å². The molecule has 1 atom stereocenters. The molecule has 0 aliphatic carbocycles. The molecule has 0 aromatic carbocycles. The molecule has 3 rings (SSSR count). The summed E-state index contributed by atoms with van der Waals surface area (Å²) in [5, 5.41) is 4.36. The number of nitrogen functional groups attached to an aromatic ring is 1. The minimum absolute atomic E-state index is 0.0125. The summed E-state index contributed by atoms with van der Waals surface area (Å²) in [6, 6.07) is 2.87. The highest BCUT2D eigenvalue weighted by Crippen LogP contribution is 2.41. The lowest BCUT2D eigenvalue weighted by Gasteiger charge is -2.40. The Bertz CT molecular complexity index is 500. The molecule has 1 unspecified atom stereocenters. The highest BCUT2D eigenvalue weighted by molar-refractivity contribution is 5.24. The number of likely N-dealkylation sites (tertiary alicyclic amines) is 1. The van der Waals surface area contributed by atoms with Gasteiger partial charge in [0.2, 0.25) is 0 Å². The molecular weight excluding hydrogens is 264 g/mol. The normalized spacial score (nSPS) is 29.8. The number of piperidine rings is 1. The Labute approximate surface area is 127 Å². The maximum Gasteiger partial charge on any atom is 0.145 e. The third-order valence-corrected chi connectivity index (χ3v) is 4.97. The second-order valence-corrected chi connectivity index (χ2v) is 7.67. The standard InChI is InChI=1S/C16H28N4O/c1-15(2)11-13(16(3,4)21-15)19-8-5-12(6-9-19)20-10-7-14(17)18-20/h7,10,12-13H,5-6,8-9,11H2,1-4H3,(H2,17,18). The Hall–Kier alpha value is -1.07. The fourth-order valence-electron chi connectivity index (χ4n) is 4.12. The van der Waals surface area contributed by atoms with Crippen LogP contribution < -0.4 is 5.73 Å². The minimum atomic E-state index is -0.0630. The van der Waals surface area contributed by atoms with Gasteiger partial charge in [0.1, 0.15) is 5.82 Å². The molecule has 5 heteroatoms. The van der Waals surface area contributed by atoms with Crippen molar-refractivity contribution >= 4 is 5.82 Å². The van der Waals surface area contributed by atoms with E-state index in [9.17, 15) is 0 Å². The van der Waals surface area contributed by atoms with Gasteiger partial charge in [0.25, 0.3) is 0 Å². The van der Waals surface area contributed by atoms with E-state index in [1.807, 2.05) is 16.9 Å². The Morgan fingerprint density at radius 1 is 1.24 bits per heavy atom. The van der Waals surface area contributed by atoms with E-state index in [-0.39, 0.29) is 11.2 Å². The highest BCUT2D eigenvalue weighted by Gasteiger charge is 2.48. The maximum absolute atomic E-state index is 6.24. The molecule has 0 spiro atoms. The Morgan fingerprint density at radius 3 is 2.38 bits per heavy atom. The van der Waals surface area contributed by atoms with Gasteiger partial charge in [-0.1, -0.05) is 0 Å². The van der Waals surface area contributed by atoms with Gasteiger partial charge in [-0.05, 0) is 53.0 Å². The molecule has 0 amide bonds. The predicted molar refractivity (Wildman–Crippen MR) is 84.1 cm³/mol. The highest BCUT2D eigenvalue weighted by atomic mass is 16.5. The van der Waals surface area contributed by atoms with E-state index in [1.54, 1.807) is 0 Å². The summed E-state index contributed by atoms with van der Waals surface area (Å²) in [4.78, 5) is 2.61. The molecule has 1 aromatic heterocycles. The molecule has 2 fully saturated rings. The molecule has 118 valence electrons. The van der Waals surface area contributed by atoms with Crippen LogP contribution in [0, 0.1) is 0 Å². The summed E-state index contributed by atoms with van der Waals surface area (Å²) in [5.74, 6) is 0.615. The molecule has 5 nitrogen and oxygen atoms in total. The fourth-order valence-corrected chi connectivity index (χ4v) is 4.12. The van der Waals surface area contributed by atoms with Gasteiger partial charge in [-0.2, -0.15) is 5.10 Å². The third kappa shape index (κ3) is 2.94. The molecule has 0 bridgehead atoms. The van der Waals surface area contributed by atoms with Crippen LogP contribution in [0.2, 0.25) is 0 Å². The lowest BCUT2D eigenvalue weighted by atomic mass is 9.91. The zero-order valence-electron chi connectivity index (χ0n) is 13.7. The van der Waals surface area contributed by atoms with Crippen molar-refractivity contribution < 1.29 is 4.74 Å². The smallest absolute Gasteiger partial charge is 0.145 e. The van der Waals surface area contributed by atoms with Crippen molar-refractivity contribution in [3.8, 4) is 0 Å². The minimum Gasteiger partial charge on any atom is -0.382 e. The topological polar surface area (TPSA) is 56.3 Å². The van der Waals surface area contributed by atoms with Crippen LogP contribution in [0.3, 0.4) is 0 Å². The van der Waals surface area contributed by atoms with Crippen LogP contribution in [0.15, 0.2) is 12.3 Å². The predicted octanol–water partition coefficient (Wildman–Crippen LogP) is 2.45. The van der Waals surface area contributed by atoms with Crippen LogP contribution in [0.4, 0.5) is 5.82 Å². The number of nitrogens with zero attached hydrogens (tertiary/aromatic N) is 3. The number of anilines is 1. The van der Waals surface area contributed by atoms with E-state index in [0.717, 1.165) is 32.4 Å². The van der Waals surface area contributed by atoms with Crippen molar-refractivity contribution in [2.45, 2.75) is 70.2 Å². The molecule has 0 radical (unpaired) electrons. The van der Waals surface area contributed by atoms with Crippen molar-refractivity contribution in [2.75, 3.05) is 18.8 Å². The number of rotatable bonds is 2. The SMILES string of the molecule is CC1(C)CC(N2CCC(n3ccc(N)n3)CC2)C(C)(C)O1. The molecule has 21 heavy (non-hydrogen) atoms. The average Bonchev–Trinajstić information content (AvgIpc) is 2.90. The second kappa shape index (κ2) is 4.99. The van der Waals surface area contributed by atoms with Gasteiger partial charge in [0.05, 0.1) is 17.2 Å². The molecular formula is C16H28N4O. The van der Waals surface area contributed by atoms with Gasteiger partial charge in [-0.25, -0.2) is 0 Å². The van der Waals surface area contributed by atoms with Crippen molar-refractivity contribution in [3.63, 3.8) is 0 Å². The fraction of sp³-hybridized carbons (Fsp3) is 0.812. The van der Waals surface area contributed by atoms with E-state index < -0.39 is 0 Å². The van der Waals surface area contributed by atoms with Crippen molar-refractivity contribution in [3.05, 3.63) is 12.3 Å². The van der Waals surface area contributed by atoms with Gasteiger partial charge in [-0.3, -0.25) is 9.58 Å². The third-order valence-electron chi connectivity index (χ3n) is 4.97.